The lowest BCUT2D eigenvalue weighted by atomic mass is 9.94. The highest BCUT2D eigenvalue weighted by atomic mass is 16.5. The van der Waals surface area contributed by atoms with Gasteiger partial charge in [-0.1, -0.05) is 24.3 Å². The van der Waals surface area contributed by atoms with Crippen LogP contribution in [0.25, 0.3) is 0 Å². The largest absolute Gasteiger partial charge is 0.379 e. The normalized spacial score (nSPS) is 24.6. The molecule has 0 saturated carbocycles. The van der Waals surface area contributed by atoms with Crippen molar-refractivity contribution in [1.29, 1.82) is 0 Å². The van der Waals surface area contributed by atoms with Gasteiger partial charge in [0.1, 0.15) is 0 Å². The van der Waals surface area contributed by atoms with E-state index < -0.39 is 0 Å². The number of ether oxygens (including phenoxy) is 1. The fourth-order valence-electron chi connectivity index (χ4n) is 4.93. The van der Waals surface area contributed by atoms with Gasteiger partial charge in [0, 0.05) is 64.4 Å². The number of hydrogen-bond donors (Lipinski definition) is 1. The van der Waals surface area contributed by atoms with Crippen LogP contribution in [0.15, 0.2) is 29.3 Å². The zero-order valence-electron chi connectivity index (χ0n) is 18.4. The van der Waals surface area contributed by atoms with Crippen molar-refractivity contribution >= 4 is 5.96 Å². The number of hydrogen-bond acceptors (Lipinski definition) is 4. The molecular weight excluding hydrogens is 362 g/mol. The van der Waals surface area contributed by atoms with Crippen LogP contribution in [0.1, 0.15) is 31.4 Å². The molecule has 1 aromatic rings. The maximum absolute atomic E-state index is 5.51. The molecule has 6 heteroatoms. The standard InChI is InChI=1S/C23H37N5O/c1-23(2,28-11-8-19-6-4-5-7-20(19)16-28)18-25-22(24-3)27-10-9-21(17-27)26-12-14-29-15-13-26/h4-7,21H,8-18H2,1-3H3,(H,24,25). The van der Waals surface area contributed by atoms with Gasteiger partial charge in [0.2, 0.25) is 0 Å². The van der Waals surface area contributed by atoms with E-state index in [1.807, 2.05) is 7.05 Å². The molecule has 0 amide bonds. The summed E-state index contributed by atoms with van der Waals surface area (Å²) in [6, 6.07) is 9.50. The lowest BCUT2D eigenvalue weighted by Crippen LogP contribution is -2.55. The molecule has 6 nitrogen and oxygen atoms in total. The monoisotopic (exact) mass is 399 g/mol. The summed E-state index contributed by atoms with van der Waals surface area (Å²) in [6.45, 7) is 13.8. The first-order chi connectivity index (χ1) is 14.1. The highest BCUT2D eigenvalue weighted by Crippen LogP contribution is 2.25. The Morgan fingerprint density at radius 2 is 1.90 bits per heavy atom. The molecule has 1 unspecified atom stereocenters. The minimum atomic E-state index is 0.0762. The molecule has 0 spiro atoms. The number of aliphatic imine (C=N–C) groups is 1. The van der Waals surface area contributed by atoms with E-state index >= 15 is 0 Å². The van der Waals surface area contributed by atoms with Crippen molar-refractivity contribution in [2.24, 2.45) is 4.99 Å². The van der Waals surface area contributed by atoms with Crippen molar-refractivity contribution in [3.8, 4) is 0 Å². The van der Waals surface area contributed by atoms with Gasteiger partial charge in [-0.2, -0.15) is 0 Å². The predicted molar refractivity (Wildman–Crippen MR) is 118 cm³/mol. The summed E-state index contributed by atoms with van der Waals surface area (Å²) in [7, 11) is 1.91. The second-order valence-electron chi connectivity index (χ2n) is 9.19. The Hall–Kier alpha value is -1.63. The van der Waals surface area contributed by atoms with Crippen LogP contribution in [0.3, 0.4) is 0 Å². The van der Waals surface area contributed by atoms with Gasteiger partial charge in [0.25, 0.3) is 0 Å². The van der Waals surface area contributed by atoms with Gasteiger partial charge >= 0.3 is 0 Å². The van der Waals surface area contributed by atoms with Crippen LogP contribution in [0.4, 0.5) is 0 Å². The van der Waals surface area contributed by atoms with Gasteiger partial charge in [0.05, 0.1) is 13.2 Å². The molecule has 1 N–H and O–H groups in total. The molecule has 29 heavy (non-hydrogen) atoms. The average molecular weight is 400 g/mol. The van der Waals surface area contributed by atoms with Gasteiger partial charge in [-0.25, -0.2) is 0 Å². The minimum absolute atomic E-state index is 0.0762. The smallest absolute Gasteiger partial charge is 0.193 e. The number of fused-ring (bicyclic) bond motifs is 1. The third kappa shape index (κ3) is 4.76. The molecular formula is C23H37N5O. The molecule has 3 heterocycles. The number of benzene rings is 1. The molecule has 160 valence electrons. The van der Waals surface area contributed by atoms with E-state index in [4.69, 9.17) is 4.74 Å². The summed E-state index contributed by atoms with van der Waals surface area (Å²) in [4.78, 5) is 12.2. The van der Waals surface area contributed by atoms with Gasteiger partial charge in [-0.3, -0.25) is 14.8 Å². The Kier molecular flexibility index (Phi) is 6.42. The van der Waals surface area contributed by atoms with Crippen LogP contribution < -0.4 is 5.32 Å². The first-order valence-corrected chi connectivity index (χ1v) is 11.2. The van der Waals surface area contributed by atoms with Crippen molar-refractivity contribution in [2.75, 3.05) is 59.5 Å². The maximum Gasteiger partial charge on any atom is 0.193 e. The third-order valence-electron chi connectivity index (χ3n) is 6.90. The Labute approximate surface area is 175 Å². The Morgan fingerprint density at radius 1 is 1.14 bits per heavy atom. The van der Waals surface area contributed by atoms with E-state index in [2.05, 4.69) is 63.1 Å². The summed E-state index contributed by atoms with van der Waals surface area (Å²) in [5.41, 5.74) is 3.06. The summed E-state index contributed by atoms with van der Waals surface area (Å²) in [5.74, 6) is 1.05. The van der Waals surface area contributed by atoms with Crippen molar-refractivity contribution in [3.63, 3.8) is 0 Å². The van der Waals surface area contributed by atoms with E-state index in [0.717, 1.165) is 71.4 Å². The lowest BCUT2D eigenvalue weighted by Gasteiger charge is -2.42. The molecule has 4 rings (SSSR count). The topological polar surface area (TPSA) is 43.3 Å². The average Bonchev–Trinajstić information content (AvgIpc) is 3.24. The number of likely N-dealkylation sites (tertiary alicyclic amines) is 1. The highest BCUT2D eigenvalue weighted by molar-refractivity contribution is 5.80. The first kappa shape index (κ1) is 20.6. The van der Waals surface area contributed by atoms with Crippen LogP contribution in [-0.2, 0) is 17.7 Å². The van der Waals surface area contributed by atoms with Crippen molar-refractivity contribution < 1.29 is 4.74 Å². The number of guanidine groups is 1. The van der Waals surface area contributed by atoms with Crippen LogP contribution in [-0.4, -0.2) is 91.8 Å². The van der Waals surface area contributed by atoms with E-state index in [-0.39, 0.29) is 5.54 Å². The SMILES string of the molecule is CN=C(NCC(C)(C)N1CCc2ccccc2C1)N1CCC(N2CCOCC2)C1. The second kappa shape index (κ2) is 9.02. The molecule has 0 aromatic heterocycles. The van der Waals surface area contributed by atoms with Gasteiger partial charge < -0.3 is 15.0 Å². The van der Waals surface area contributed by atoms with Crippen LogP contribution in [0.5, 0.6) is 0 Å². The minimum Gasteiger partial charge on any atom is -0.379 e. The second-order valence-corrected chi connectivity index (χ2v) is 9.19. The van der Waals surface area contributed by atoms with Crippen LogP contribution >= 0.6 is 0 Å². The number of morpholine rings is 1. The number of nitrogens with one attached hydrogen (secondary N) is 1. The molecule has 0 radical (unpaired) electrons. The molecule has 3 aliphatic rings. The zero-order chi connectivity index (χ0) is 20.3. The molecule has 1 atom stereocenters. The summed E-state index contributed by atoms with van der Waals surface area (Å²) >= 11 is 0. The number of rotatable bonds is 4. The van der Waals surface area contributed by atoms with Gasteiger partial charge in [0.15, 0.2) is 5.96 Å². The first-order valence-electron chi connectivity index (χ1n) is 11.2. The molecule has 1 aromatic carbocycles. The Morgan fingerprint density at radius 3 is 2.66 bits per heavy atom. The quantitative estimate of drug-likeness (QED) is 0.618. The van der Waals surface area contributed by atoms with Crippen LogP contribution in [0.2, 0.25) is 0 Å². The third-order valence-corrected chi connectivity index (χ3v) is 6.90. The molecule has 0 bridgehead atoms. The molecule has 2 saturated heterocycles. The summed E-state index contributed by atoms with van der Waals surface area (Å²) < 4.78 is 5.51. The Bertz CT molecular complexity index is 713. The van der Waals surface area contributed by atoms with E-state index in [1.165, 1.54) is 17.5 Å². The summed E-state index contributed by atoms with van der Waals surface area (Å²) in [5, 5.41) is 3.69. The van der Waals surface area contributed by atoms with E-state index in [1.54, 1.807) is 0 Å². The highest BCUT2D eigenvalue weighted by Gasteiger charge is 2.33. The number of nitrogens with zero attached hydrogens (tertiary/aromatic N) is 4. The fourth-order valence-corrected chi connectivity index (χ4v) is 4.93. The predicted octanol–water partition coefficient (Wildman–Crippen LogP) is 1.81. The molecule has 2 fully saturated rings. The maximum atomic E-state index is 5.51. The summed E-state index contributed by atoms with van der Waals surface area (Å²) in [6.07, 6.45) is 2.36. The van der Waals surface area contributed by atoms with Gasteiger partial charge in [-0.15, -0.1) is 0 Å². The van der Waals surface area contributed by atoms with E-state index in [0.29, 0.717) is 6.04 Å². The van der Waals surface area contributed by atoms with Crippen molar-refractivity contribution in [3.05, 3.63) is 35.4 Å². The van der Waals surface area contributed by atoms with Crippen LogP contribution in [0, 0.1) is 0 Å². The Balaban J connectivity index is 1.31. The fraction of sp³-hybridized carbons (Fsp3) is 0.696. The molecule has 0 aliphatic carbocycles. The van der Waals surface area contributed by atoms with Crippen molar-refractivity contribution in [1.82, 2.24) is 20.0 Å². The van der Waals surface area contributed by atoms with Gasteiger partial charge in [-0.05, 0) is 37.8 Å². The van der Waals surface area contributed by atoms with E-state index in [9.17, 15) is 0 Å². The zero-order valence-corrected chi connectivity index (χ0v) is 18.4. The molecule has 3 aliphatic heterocycles. The lowest BCUT2D eigenvalue weighted by molar-refractivity contribution is 0.0194. The van der Waals surface area contributed by atoms with Crippen molar-refractivity contribution in [2.45, 2.75) is 44.8 Å².